The molecule has 5 heteroatoms. The number of carbonyl (C=O) groups excluding carboxylic acids is 1. The number of amides is 1. The van der Waals surface area contributed by atoms with Gasteiger partial charge in [0, 0.05) is 29.5 Å². The van der Waals surface area contributed by atoms with Crippen LogP contribution in [0.3, 0.4) is 0 Å². The van der Waals surface area contributed by atoms with Crippen LogP contribution in [0, 0.1) is 0 Å². The quantitative estimate of drug-likeness (QED) is 0.868. The first-order chi connectivity index (χ1) is 7.13. The molecule has 1 aromatic heterocycles. The molecule has 3 N–H and O–H groups in total. The first kappa shape index (κ1) is 12.1. The Morgan fingerprint density at radius 1 is 1.67 bits per heavy atom. The Kier molecular flexibility index (Phi) is 4.71. The van der Waals surface area contributed by atoms with Gasteiger partial charge in [-0.15, -0.1) is 0 Å². The number of pyridine rings is 1. The molecule has 0 saturated heterocycles. The summed E-state index contributed by atoms with van der Waals surface area (Å²) in [4.78, 5) is 15.5. The molecule has 1 unspecified atom stereocenters. The number of nitrogens with two attached hydrogens (primary N) is 1. The van der Waals surface area contributed by atoms with Crippen LogP contribution < -0.4 is 11.1 Å². The molecule has 0 aliphatic rings. The minimum Gasteiger partial charge on any atom is -0.350 e. The van der Waals surface area contributed by atoms with Crippen molar-refractivity contribution in [2.45, 2.75) is 19.4 Å². The van der Waals surface area contributed by atoms with E-state index < -0.39 is 0 Å². The molecule has 1 aromatic rings. The highest BCUT2D eigenvalue weighted by atomic mass is 79.9. The molecule has 1 rings (SSSR count). The van der Waals surface area contributed by atoms with Gasteiger partial charge in [-0.2, -0.15) is 0 Å². The van der Waals surface area contributed by atoms with Gasteiger partial charge in [-0.1, -0.05) is 6.92 Å². The highest BCUT2D eigenvalue weighted by Gasteiger charge is 2.07. The Labute approximate surface area is 97.4 Å². The molecule has 0 aliphatic carbocycles. The van der Waals surface area contributed by atoms with Crippen LogP contribution in [-0.2, 0) is 0 Å². The normalized spacial score (nSPS) is 12.2. The number of nitrogens with zero attached hydrogens (tertiary/aromatic N) is 1. The van der Waals surface area contributed by atoms with Crippen LogP contribution in [0.15, 0.2) is 22.9 Å². The third kappa shape index (κ3) is 3.97. The number of hydrogen-bond acceptors (Lipinski definition) is 3. The van der Waals surface area contributed by atoms with E-state index in [1.165, 1.54) is 6.20 Å². The van der Waals surface area contributed by atoms with Gasteiger partial charge in [-0.25, -0.2) is 0 Å². The third-order valence-electron chi connectivity index (χ3n) is 2.02. The average Bonchev–Trinajstić information content (AvgIpc) is 2.25. The monoisotopic (exact) mass is 271 g/mol. The average molecular weight is 272 g/mol. The lowest BCUT2D eigenvalue weighted by Crippen LogP contribution is -2.36. The fourth-order valence-corrected chi connectivity index (χ4v) is 1.37. The van der Waals surface area contributed by atoms with E-state index in [1.807, 2.05) is 6.92 Å². The molecule has 0 radical (unpaired) electrons. The maximum Gasteiger partial charge on any atom is 0.252 e. The van der Waals surface area contributed by atoms with E-state index in [1.54, 1.807) is 12.3 Å². The molecule has 1 atom stereocenters. The Morgan fingerprint density at radius 3 is 3.00 bits per heavy atom. The second-order valence-electron chi connectivity index (χ2n) is 3.27. The number of halogens is 1. The van der Waals surface area contributed by atoms with Gasteiger partial charge in [0.1, 0.15) is 0 Å². The van der Waals surface area contributed by atoms with Crippen molar-refractivity contribution in [3.63, 3.8) is 0 Å². The molecule has 15 heavy (non-hydrogen) atoms. The van der Waals surface area contributed by atoms with Crippen molar-refractivity contribution in [2.24, 2.45) is 5.73 Å². The Morgan fingerprint density at radius 2 is 2.40 bits per heavy atom. The van der Waals surface area contributed by atoms with E-state index in [0.29, 0.717) is 12.1 Å². The maximum absolute atomic E-state index is 11.6. The number of hydrogen-bond donors (Lipinski definition) is 2. The maximum atomic E-state index is 11.6. The zero-order valence-electron chi connectivity index (χ0n) is 8.53. The standard InChI is InChI=1S/C10H14BrN3O/c1-2-9(12)6-14-10(15)7-3-8(11)5-13-4-7/h3-5,9H,2,6,12H2,1H3,(H,14,15). The molecular weight excluding hydrogens is 258 g/mol. The molecule has 0 aromatic carbocycles. The van der Waals surface area contributed by atoms with Crippen LogP contribution in [-0.4, -0.2) is 23.5 Å². The zero-order valence-corrected chi connectivity index (χ0v) is 10.1. The number of rotatable bonds is 4. The van der Waals surface area contributed by atoms with Gasteiger partial charge < -0.3 is 11.1 Å². The van der Waals surface area contributed by atoms with Gasteiger partial charge in [-0.3, -0.25) is 9.78 Å². The summed E-state index contributed by atoms with van der Waals surface area (Å²) in [7, 11) is 0. The smallest absolute Gasteiger partial charge is 0.252 e. The predicted octanol–water partition coefficient (Wildman–Crippen LogP) is 1.31. The summed E-state index contributed by atoms with van der Waals surface area (Å²) < 4.78 is 0.787. The van der Waals surface area contributed by atoms with E-state index in [-0.39, 0.29) is 11.9 Å². The topological polar surface area (TPSA) is 68.0 Å². The molecule has 0 fully saturated rings. The summed E-state index contributed by atoms with van der Waals surface area (Å²) in [6.07, 6.45) is 4.00. The Bertz CT molecular complexity index is 343. The van der Waals surface area contributed by atoms with Crippen LogP contribution in [0.5, 0.6) is 0 Å². The molecular formula is C10H14BrN3O. The molecule has 0 spiro atoms. The molecule has 1 heterocycles. The van der Waals surface area contributed by atoms with E-state index in [4.69, 9.17) is 5.73 Å². The van der Waals surface area contributed by atoms with Crippen molar-refractivity contribution in [1.29, 1.82) is 0 Å². The molecule has 1 amide bonds. The van der Waals surface area contributed by atoms with Crippen molar-refractivity contribution in [1.82, 2.24) is 10.3 Å². The van der Waals surface area contributed by atoms with Crippen LogP contribution in [0.4, 0.5) is 0 Å². The largest absolute Gasteiger partial charge is 0.350 e. The number of carbonyl (C=O) groups is 1. The summed E-state index contributed by atoms with van der Waals surface area (Å²) in [5.41, 5.74) is 6.22. The van der Waals surface area contributed by atoms with Gasteiger partial charge in [0.05, 0.1) is 5.56 Å². The van der Waals surface area contributed by atoms with Crippen LogP contribution in [0.1, 0.15) is 23.7 Å². The van der Waals surface area contributed by atoms with E-state index >= 15 is 0 Å². The fourth-order valence-electron chi connectivity index (χ4n) is 1.01. The van der Waals surface area contributed by atoms with Crippen molar-refractivity contribution in [3.05, 3.63) is 28.5 Å². The van der Waals surface area contributed by atoms with Gasteiger partial charge in [-0.05, 0) is 28.4 Å². The highest BCUT2D eigenvalue weighted by Crippen LogP contribution is 2.09. The lowest BCUT2D eigenvalue weighted by molar-refractivity contribution is 0.0950. The summed E-state index contributed by atoms with van der Waals surface area (Å²) in [5, 5.41) is 2.75. The summed E-state index contributed by atoms with van der Waals surface area (Å²) in [6.45, 7) is 2.47. The molecule has 82 valence electrons. The van der Waals surface area contributed by atoms with E-state index in [2.05, 4.69) is 26.2 Å². The fraction of sp³-hybridized carbons (Fsp3) is 0.400. The summed E-state index contributed by atoms with van der Waals surface area (Å²) in [5.74, 6) is -0.146. The number of aromatic nitrogens is 1. The van der Waals surface area contributed by atoms with Gasteiger partial charge in [0.15, 0.2) is 0 Å². The minimum atomic E-state index is -0.146. The van der Waals surface area contributed by atoms with Crippen molar-refractivity contribution >= 4 is 21.8 Å². The van der Waals surface area contributed by atoms with Crippen molar-refractivity contribution in [2.75, 3.05) is 6.54 Å². The molecule has 0 aliphatic heterocycles. The first-order valence-electron chi connectivity index (χ1n) is 4.77. The van der Waals surface area contributed by atoms with Crippen molar-refractivity contribution in [3.8, 4) is 0 Å². The number of nitrogens with one attached hydrogen (secondary N) is 1. The Balaban J connectivity index is 2.54. The SMILES string of the molecule is CCC(N)CNC(=O)c1cncc(Br)c1. The summed E-state index contributed by atoms with van der Waals surface area (Å²) in [6, 6.07) is 1.73. The first-order valence-corrected chi connectivity index (χ1v) is 5.57. The molecule has 0 saturated carbocycles. The Hall–Kier alpha value is -0.940. The van der Waals surface area contributed by atoms with Crippen LogP contribution in [0.2, 0.25) is 0 Å². The molecule has 0 bridgehead atoms. The van der Waals surface area contributed by atoms with Gasteiger partial charge >= 0.3 is 0 Å². The predicted molar refractivity (Wildman–Crippen MR) is 62.5 cm³/mol. The van der Waals surface area contributed by atoms with E-state index in [9.17, 15) is 4.79 Å². The zero-order chi connectivity index (χ0) is 11.3. The third-order valence-corrected chi connectivity index (χ3v) is 2.45. The molecule has 4 nitrogen and oxygen atoms in total. The lowest BCUT2D eigenvalue weighted by Gasteiger charge is -2.10. The highest BCUT2D eigenvalue weighted by molar-refractivity contribution is 9.10. The van der Waals surface area contributed by atoms with E-state index in [0.717, 1.165) is 10.9 Å². The minimum absolute atomic E-state index is 0.00839. The van der Waals surface area contributed by atoms with Gasteiger partial charge in [0.25, 0.3) is 5.91 Å². The van der Waals surface area contributed by atoms with Gasteiger partial charge in [0.2, 0.25) is 0 Å². The second-order valence-corrected chi connectivity index (χ2v) is 4.19. The van der Waals surface area contributed by atoms with Crippen LogP contribution >= 0.6 is 15.9 Å². The lowest BCUT2D eigenvalue weighted by atomic mass is 10.2. The van der Waals surface area contributed by atoms with Crippen molar-refractivity contribution < 1.29 is 4.79 Å². The van der Waals surface area contributed by atoms with Crippen LogP contribution in [0.25, 0.3) is 0 Å². The second kappa shape index (κ2) is 5.82. The summed E-state index contributed by atoms with van der Waals surface area (Å²) >= 11 is 3.26.